The van der Waals surface area contributed by atoms with Gasteiger partial charge in [0.2, 0.25) is 5.28 Å². The van der Waals surface area contributed by atoms with Gasteiger partial charge in [-0.15, -0.1) is 0 Å². The fourth-order valence-corrected chi connectivity index (χ4v) is 1.25. The summed E-state index contributed by atoms with van der Waals surface area (Å²) in [7, 11) is 0. The van der Waals surface area contributed by atoms with E-state index in [0.717, 1.165) is 0 Å². The van der Waals surface area contributed by atoms with Crippen LogP contribution in [0.15, 0.2) is 6.07 Å². The Morgan fingerprint density at radius 1 is 1.43 bits per heavy atom. The number of aromatic nitrogens is 2. The Kier molecular flexibility index (Phi) is 3.66. The van der Waals surface area contributed by atoms with Crippen molar-refractivity contribution < 1.29 is 4.79 Å². The molecule has 0 bridgehead atoms. The molecule has 0 unspecified atom stereocenters. The quantitative estimate of drug-likeness (QED) is 0.628. The predicted molar refractivity (Wildman–Crippen MR) is 54.7 cm³/mol. The molecule has 6 heteroatoms. The molecule has 76 valence electrons. The molecule has 1 N–H and O–H groups in total. The van der Waals surface area contributed by atoms with Crippen molar-refractivity contribution in [3.63, 3.8) is 0 Å². The Hall–Kier alpha value is -0.870. The molecule has 0 spiro atoms. The maximum absolute atomic E-state index is 11.4. The van der Waals surface area contributed by atoms with Gasteiger partial charge in [0.15, 0.2) is 0 Å². The summed E-state index contributed by atoms with van der Waals surface area (Å²) in [5.41, 5.74) is 0.170. The van der Waals surface area contributed by atoms with E-state index >= 15 is 0 Å². The minimum Gasteiger partial charge on any atom is -0.349 e. The monoisotopic (exact) mass is 233 g/mol. The first-order valence-corrected chi connectivity index (χ1v) is 4.75. The van der Waals surface area contributed by atoms with E-state index in [0.29, 0.717) is 0 Å². The SMILES string of the molecule is CC(C)NC(=O)c1cc(Cl)nc(Cl)n1. The molecule has 1 aromatic rings. The lowest BCUT2D eigenvalue weighted by molar-refractivity contribution is 0.0938. The van der Waals surface area contributed by atoms with Gasteiger partial charge < -0.3 is 5.32 Å². The maximum atomic E-state index is 11.4. The van der Waals surface area contributed by atoms with Gasteiger partial charge in [0.05, 0.1) is 0 Å². The van der Waals surface area contributed by atoms with Gasteiger partial charge in [-0.25, -0.2) is 9.97 Å². The van der Waals surface area contributed by atoms with E-state index in [2.05, 4.69) is 15.3 Å². The molecule has 1 rings (SSSR count). The summed E-state index contributed by atoms with van der Waals surface area (Å²) in [4.78, 5) is 18.8. The van der Waals surface area contributed by atoms with Crippen molar-refractivity contribution in [3.8, 4) is 0 Å². The summed E-state index contributed by atoms with van der Waals surface area (Å²) < 4.78 is 0. The van der Waals surface area contributed by atoms with Crippen LogP contribution in [-0.2, 0) is 0 Å². The molecule has 0 saturated carbocycles. The molecule has 0 saturated heterocycles. The number of carbonyl (C=O) groups is 1. The number of nitrogens with zero attached hydrogens (tertiary/aromatic N) is 2. The zero-order valence-corrected chi connectivity index (χ0v) is 9.23. The van der Waals surface area contributed by atoms with Gasteiger partial charge in [0.1, 0.15) is 10.8 Å². The van der Waals surface area contributed by atoms with Crippen LogP contribution in [-0.4, -0.2) is 21.9 Å². The van der Waals surface area contributed by atoms with Gasteiger partial charge in [0, 0.05) is 12.1 Å². The highest BCUT2D eigenvalue weighted by Crippen LogP contribution is 2.10. The molecule has 1 aromatic heterocycles. The van der Waals surface area contributed by atoms with E-state index in [1.165, 1.54) is 6.07 Å². The van der Waals surface area contributed by atoms with Gasteiger partial charge in [-0.2, -0.15) is 0 Å². The standard InChI is InChI=1S/C8H9Cl2N3O/c1-4(2)11-7(14)5-3-6(9)13-8(10)12-5/h3-4H,1-2H3,(H,11,14). The van der Waals surface area contributed by atoms with Crippen molar-refractivity contribution in [3.05, 3.63) is 22.2 Å². The van der Waals surface area contributed by atoms with Gasteiger partial charge >= 0.3 is 0 Å². The average molecular weight is 234 g/mol. The van der Waals surface area contributed by atoms with Crippen LogP contribution in [0.1, 0.15) is 24.3 Å². The third kappa shape index (κ3) is 3.12. The molecule has 1 amide bonds. The van der Waals surface area contributed by atoms with Crippen LogP contribution >= 0.6 is 23.2 Å². The average Bonchev–Trinajstić information content (AvgIpc) is 2.00. The molecule has 0 aliphatic heterocycles. The first-order valence-electron chi connectivity index (χ1n) is 4.00. The molecule has 4 nitrogen and oxygen atoms in total. The fourth-order valence-electron chi connectivity index (χ4n) is 0.842. The highest BCUT2D eigenvalue weighted by Gasteiger charge is 2.10. The number of nitrogens with one attached hydrogen (secondary N) is 1. The number of hydrogen-bond acceptors (Lipinski definition) is 3. The van der Waals surface area contributed by atoms with E-state index in [9.17, 15) is 4.79 Å². The maximum Gasteiger partial charge on any atom is 0.270 e. The van der Waals surface area contributed by atoms with Crippen molar-refractivity contribution in [2.24, 2.45) is 0 Å². The predicted octanol–water partition coefficient (Wildman–Crippen LogP) is 1.92. The first kappa shape index (κ1) is 11.2. The lowest BCUT2D eigenvalue weighted by atomic mass is 10.3. The third-order valence-electron chi connectivity index (χ3n) is 1.32. The summed E-state index contributed by atoms with van der Waals surface area (Å²) in [6.45, 7) is 3.70. The molecule has 0 radical (unpaired) electrons. The third-order valence-corrected chi connectivity index (χ3v) is 1.68. The fraction of sp³-hybridized carbons (Fsp3) is 0.375. The van der Waals surface area contributed by atoms with Crippen LogP contribution in [0.4, 0.5) is 0 Å². The van der Waals surface area contributed by atoms with Crippen LogP contribution < -0.4 is 5.32 Å². The molecule has 14 heavy (non-hydrogen) atoms. The summed E-state index contributed by atoms with van der Waals surface area (Å²) in [6.07, 6.45) is 0. The minimum atomic E-state index is -0.314. The molecular formula is C8H9Cl2N3O. The van der Waals surface area contributed by atoms with Gasteiger partial charge in [-0.1, -0.05) is 11.6 Å². The smallest absolute Gasteiger partial charge is 0.270 e. The van der Waals surface area contributed by atoms with E-state index in [1.54, 1.807) is 0 Å². The highest BCUT2D eigenvalue weighted by atomic mass is 35.5. The second kappa shape index (κ2) is 4.57. The number of rotatable bonds is 2. The van der Waals surface area contributed by atoms with E-state index in [4.69, 9.17) is 23.2 Å². The van der Waals surface area contributed by atoms with Crippen molar-refractivity contribution in [1.29, 1.82) is 0 Å². The molecule has 0 atom stereocenters. The van der Waals surface area contributed by atoms with Crippen molar-refractivity contribution >= 4 is 29.1 Å². The van der Waals surface area contributed by atoms with Gasteiger partial charge in [0.25, 0.3) is 5.91 Å². The Balaban J connectivity index is 2.90. The topological polar surface area (TPSA) is 54.9 Å². The summed E-state index contributed by atoms with van der Waals surface area (Å²) in [5.74, 6) is -0.314. The van der Waals surface area contributed by atoms with Crippen LogP contribution in [0.2, 0.25) is 10.4 Å². The molecule has 0 aromatic carbocycles. The Morgan fingerprint density at radius 3 is 2.57 bits per heavy atom. The number of amides is 1. The highest BCUT2D eigenvalue weighted by molar-refractivity contribution is 6.32. The Morgan fingerprint density at radius 2 is 2.07 bits per heavy atom. The minimum absolute atomic E-state index is 0.0357. The number of carbonyl (C=O) groups excluding carboxylic acids is 1. The lowest BCUT2D eigenvalue weighted by Crippen LogP contribution is -2.30. The van der Waals surface area contributed by atoms with Gasteiger partial charge in [-0.05, 0) is 25.4 Å². The van der Waals surface area contributed by atoms with Crippen LogP contribution in [0, 0.1) is 0 Å². The molecule has 1 heterocycles. The van der Waals surface area contributed by atoms with E-state index in [-0.39, 0.29) is 28.1 Å². The largest absolute Gasteiger partial charge is 0.349 e. The lowest BCUT2D eigenvalue weighted by Gasteiger charge is -2.07. The first-order chi connectivity index (χ1) is 6.49. The van der Waals surface area contributed by atoms with Crippen LogP contribution in [0.5, 0.6) is 0 Å². The van der Waals surface area contributed by atoms with E-state index < -0.39 is 0 Å². The summed E-state index contributed by atoms with van der Waals surface area (Å²) >= 11 is 11.2. The zero-order chi connectivity index (χ0) is 10.7. The van der Waals surface area contributed by atoms with Crippen molar-refractivity contribution in [2.75, 3.05) is 0 Å². The molecule has 0 aliphatic rings. The van der Waals surface area contributed by atoms with E-state index in [1.807, 2.05) is 13.8 Å². The zero-order valence-electron chi connectivity index (χ0n) is 7.71. The van der Waals surface area contributed by atoms with Crippen molar-refractivity contribution in [2.45, 2.75) is 19.9 Å². The number of hydrogen-bond donors (Lipinski definition) is 1. The molecule has 0 fully saturated rings. The van der Waals surface area contributed by atoms with Crippen LogP contribution in [0.3, 0.4) is 0 Å². The second-order valence-electron chi connectivity index (χ2n) is 2.97. The summed E-state index contributed by atoms with van der Waals surface area (Å²) in [6, 6.07) is 1.40. The number of halogens is 2. The Bertz CT molecular complexity index is 334. The summed E-state index contributed by atoms with van der Waals surface area (Å²) in [5, 5.41) is 2.78. The molecular weight excluding hydrogens is 225 g/mol. The molecule has 0 aliphatic carbocycles. The van der Waals surface area contributed by atoms with Crippen molar-refractivity contribution in [1.82, 2.24) is 15.3 Å². The Labute approximate surface area is 91.6 Å². The second-order valence-corrected chi connectivity index (χ2v) is 3.70. The van der Waals surface area contributed by atoms with Gasteiger partial charge in [-0.3, -0.25) is 4.79 Å². The van der Waals surface area contributed by atoms with Crippen LogP contribution in [0.25, 0.3) is 0 Å². The normalized spacial score (nSPS) is 10.4.